The summed E-state index contributed by atoms with van der Waals surface area (Å²) in [6.07, 6.45) is 7.58. The highest BCUT2D eigenvalue weighted by atomic mass is 16.2. The molecule has 0 N–H and O–H groups in total. The third-order valence-electron chi connectivity index (χ3n) is 2.57. The molecule has 0 unspecified atom stereocenters. The Kier molecular flexibility index (Phi) is 2.98. The molecule has 1 aliphatic heterocycles. The summed E-state index contributed by atoms with van der Waals surface area (Å²) in [5.74, 6) is 2.82. The van der Waals surface area contributed by atoms with Crippen LogP contribution in [0.25, 0.3) is 0 Å². The lowest BCUT2D eigenvalue weighted by atomic mass is 9.82. The average molecular weight is 179 g/mol. The molecule has 72 valence electrons. The molecule has 2 heteroatoms. The van der Waals surface area contributed by atoms with Gasteiger partial charge in [-0.1, -0.05) is 13.8 Å². The molecule has 0 aromatic rings. The Balaban J connectivity index is 2.45. The number of nitrogens with zero attached hydrogens (tertiary/aromatic N) is 1. The van der Waals surface area contributed by atoms with Crippen LogP contribution in [0.1, 0.15) is 33.1 Å². The van der Waals surface area contributed by atoms with Crippen LogP contribution in [0.2, 0.25) is 0 Å². The molecular formula is C11H17NO. The molecule has 0 aliphatic carbocycles. The van der Waals surface area contributed by atoms with Crippen molar-refractivity contribution < 1.29 is 4.79 Å². The van der Waals surface area contributed by atoms with E-state index in [-0.39, 0.29) is 11.3 Å². The Bertz CT molecular complexity index is 237. The maximum atomic E-state index is 11.6. The van der Waals surface area contributed by atoms with E-state index >= 15 is 0 Å². The monoisotopic (exact) mass is 179 g/mol. The van der Waals surface area contributed by atoms with E-state index in [9.17, 15) is 4.79 Å². The molecule has 1 heterocycles. The van der Waals surface area contributed by atoms with Gasteiger partial charge in [0.2, 0.25) is 5.91 Å². The number of hydrogen-bond acceptors (Lipinski definition) is 1. The zero-order chi connectivity index (χ0) is 9.90. The molecule has 0 radical (unpaired) electrons. The number of terminal acetylenes is 1. The van der Waals surface area contributed by atoms with Gasteiger partial charge in [0.15, 0.2) is 0 Å². The number of piperidine rings is 1. The minimum Gasteiger partial charge on any atom is -0.342 e. The van der Waals surface area contributed by atoms with Gasteiger partial charge in [0.25, 0.3) is 0 Å². The number of carbonyl (C=O) groups is 1. The molecule has 0 bridgehead atoms. The van der Waals surface area contributed by atoms with Gasteiger partial charge in [-0.3, -0.25) is 4.79 Å². The largest absolute Gasteiger partial charge is 0.342 e. The second kappa shape index (κ2) is 3.83. The number of carbonyl (C=O) groups excluding carboxylic acids is 1. The number of amides is 1. The fourth-order valence-corrected chi connectivity index (χ4v) is 1.61. The van der Waals surface area contributed by atoms with Crippen molar-refractivity contribution >= 4 is 5.91 Å². The second-order valence-electron chi connectivity index (χ2n) is 4.43. The first-order valence-electron chi connectivity index (χ1n) is 4.76. The third kappa shape index (κ3) is 2.77. The van der Waals surface area contributed by atoms with Crippen LogP contribution in [0.5, 0.6) is 0 Å². The minimum absolute atomic E-state index is 0.184. The number of likely N-dealkylation sites (tertiary alicyclic amines) is 1. The predicted octanol–water partition coefficient (Wildman–Crippen LogP) is 1.66. The van der Waals surface area contributed by atoms with E-state index in [1.807, 2.05) is 4.90 Å². The summed E-state index contributed by atoms with van der Waals surface area (Å²) in [6.45, 7) is 5.88. The maximum absolute atomic E-state index is 11.6. The molecule has 1 rings (SSSR count). The van der Waals surface area contributed by atoms with Crippen molar-refractivity contribution in [3.05, 3.63) is 0 Å². The van der Waals surface area contributed by atoms with Crippen molar-refractivity contribution in [1.29, 1.82) is 0 Å². The maximum Gasteiger partial charge on any atom is 0.223 e. The van der Waals surface area contributed by atoms with Gasteiger partial charge in [-0.15, -0.1) is 12.3 Å². The molecule has 0 atom stereocenters. The SMILES string of the molecule is C#CCCN1CCC(C)(C)CC1=O. The Hall–Kier alpha value is -0.970. The van der Waals surface area contributed by atoms with Crippen LogP contribution in [-0.4, -0.2) is 23.9 Å². The zero-order valence-electron chi connectivity index (χ0n) is 8.47. The quantitative estimate of drug-likeness (QED) is 0.590. The van der Waals surface area contributed by atoms with Crippen molar-refractivity contribution in [3.63, 3.8) is 0 Å². The first kappa shape index (κ1) is 10.1. The summed E-state index contributed by atoms with van der Waals surface area (Å²) in [7, 11) is 0. The summed E-state index contributed by atoms with van der Waals surface area (Å²) in [5, 5.41) is 0. The van der Waals surface area contributed by atoms with Crippen LogP contribution >= 0.6 is 0 Å². The molecular weight excluding hydrogens is 162 g/mol. The number of hydrogen-bond donors (Lipinski definition) is 0. The topological polar surface area (TPSA) is 20.3 Å². The summed E-state index contributed by atoms with van der Waals surface area (Å²) in [4.78, 5) is 13.5. The first-order chi connectivity index (χ1) is 6.05. The standard InChI is InChI=1S/C11H17NO/c1-4-5-7-12-8-6-11(2,3)9-10(12)13/h1H,5-9H2,2-3H3. The lowest BCUT2D eigenvalue weighted by Crippen LogP contribution is -2.42. The highest BCUT2D eigenvalue weighted by Crippen LogP contribution is 2.30. The van der Waals surface area contributed by atoms with Crippen molar-refractivity contribution in [2.24, 2.45) is 5.41 Å². The highest BCUT2D eigenvalue weighted by Gasteiger charge is 2.30. The van der Waals surface area contributed by atoms with Crippen molar-refractivity contribution in [1.82, 2.24) is 4.90 Å². The third-order valence-corrected chi connectivity index (χ3v) is 2.57. The Morgan fingerprint density at radius 1 is 1.62 bits per heavy atom. The van der Waals surface area contributed by atoms with E-state index in [4.69, 9.17) is 6.42 Å². The van der Waals surface area contributed by atoms with Crippen LogP contribution in [0, 0.1) is 17.8 Å². The predicted molar refractivity (Wildman–Crippen MR) is 53.0 cm³/mol. The molecule has 1 aliphatic rings. The van der Waals surface area contributed by atoms with E-state index in [0.717, 1.165) is 19.5 Å². The average Bonchev–Trinajstić information content (AvgIpc) is 2.02. The van der Waals surface area contributed by atoms with E-state index in [1.54, 1.807) is 0 Å². The molecule has 0 aromatic carbocycles. The molecule has 2 nitrogen and oxygen atoms in total. The first-order valence-corrected chi connectivity index (χ1v) is 4.76. The fraction of sp³-hybridized carbons (Fsp3) is 0.727. The van der Waals surface area contributed by atoms with Crippen molar-refractivity contribution in [3.8, 4) is 12.3 Å². The van der Waals surface area contributed by atoms with Gasteiger partial charge in [0.1, 0.15) is 0 Å². The Morgan fingerprint density at radius 3 is 2.85 bits per heavy atom. The Labute approximate surface area is 80.3 Å². The molecule has 0 saturated carbocycles. The highest BCUT2D eigenvalue weighted by molar-refractivity contribution is 5.77. The fourth-order valence-electron chi connectivity index (χ4n) is 1.61. The molecule has 1 amide bonds. The lowest BCUT2D eigenvalue weighted by Gasteiger charge is -2.36. The minimum atomic E-state index is 0.184. The summed E-state index contributed by atoms with van der Waals surface area (Å²) in [6, 6.07) is 0. The van der Waals surface area contributed by atoms with E-state index in [1.165, 1.54) is 0 Å². The van der Waals surface area contributed by atoms with Crippen LogP contribution in [0.3, 0.4) is 0 Å². The summed E-state index contributed by atoms with van der Waals surface area (Å²) in [5.41, 5.74) is 0.184. The normalized spacial score (nSPS) is 21.3. The molecule has 0 spiro atoms. The van der Waals surface area contributed by atoms with E-state index < -0.39 is 0 Å². The zero-order valence-corrected chi connectivity index (χ0v) is 8.47. The van der Waals surface area contributed by atoms with Gasteiger partial charge >= 0.3 is 0 Å². The van der Waals surface area contributed by atoms with Gasteiger partial charge in [0, 0.05) is 25.9 Å². The smallest absolute Gasteiger partial charge is 0.223 e. The molecule has 13 heavy (non-hydrogen) atoms. The molecule has 0 aromatic heterocycles. The van der Waals surface area contributed by atoms with Crippen LogP contribution < -0.4 is 0 Å². The lowest BCUT2D eigenvalue weighted by molar-refractivity contribution is -0.137. The van der Waals surface area contributed by atoms with Gasteiger partial charge in [-0.25, -0.2) is 0 Å². The van der Waals surface area contributed by atoms with E-state index in [0.29, 0.717) is 12.8 Å². The molecule has 1 fully saturated rings. The van der Waals surface area contributed by atoms with E-state index in [2.05, 4.69) is 19.8 Å². The van der Waals surface area contributed by atoms with Crippen LogP contribution in [0.15, 0.2) is 0 Å². The summed E-state index contributed by atoms with van der Waals surface area (Å²) < 4.78 is 0. The summed E-state index contributed by atoms with van der Waals surface area (Å²) >= 11 is 0. The van der Waals surface area contributed by atoms with Gasteiger partial charge in [0.05, 0.1) is 0 Å². The van der Waals surface area contributed by atoms with Gasteiger partial charge in [-0.2, -0.15) is 0 Å². The number of rotatable bonds is 2. The van der Waals surface area contributed by atoms with Crippen LogP contribution in [0.4, 0.5) is 0 Å². The Morgan fingerprint density at radius 2 is 2.31 bits per heavy atom. The van der Waals surface area contributed by atoms with Crippen LogP contribution in [-0.2, 0) is 4.79 Å². The molecule has 1 saturated heterocycles. The van der Waals surface area contributed by atoms with Gasteiger partial charge in [-0.05, 0) is 11.8 Å². The van der Waals surface area contributed by atoms with Crippen molar-refractivity contribution in [2.45, 2.75) is 33.1 Å². The van der Waals surface area contributed by atoms with Gasteiger partial charge < -0.3 is 4.90 Å². The second-order valence-corrected chi connectivity index (χ2v) is 4.43. The van der Waals surface area contributed by atoms with Crippen molar-refractivity contribution in [2.75, 3.05) is 13.1 Å².